The highest BCUT2D eigenvalue weighted by Gasteiger charge is 2.33. The van der Waals surface area contributed by atoms with Crippen LogP contribution in [0.15, 0.2) is 0 Å². The van der Waals surface area contributed by atoms with E-state index in [9.17, 15) is 9.59 Å². The molecule has 0 bridgehead atoms. The first kappa shape index (κ1) is 29.5. The second-order valence-corrected chi connectivity index (χ2v) is 13.3. The largest absolute Gasteiger partial charge is 0.465 e. The lowest BCUT2D eigenvalue weighted by Crippen LogP contribution is -2.32. The van der Waals surface area contributed by atoms with Gasteiger partial charge in [0.05, 0.1) is 11.8 Å². The minimum absolute atomic E-state index is 0.00475. The molecule has 0 N–H and O–H groups in total. The van der Waals surface area contributed by atoms with Gasteiger partial charge in [-0.05, 0) is 113 Å². The lowest BCUT2D eigenvalue weighted by atomic mass is 9.71. The van der Waals surface area contributed by atoms with Crippen LogP contribution < -0.4 is 0 Å². The van der Waals surface area contributed by atoms with Gasteiger partial charge in [0.1, 0.15) is 12.7 Å². The van der Waals surface area contributed by atoms with E-state index in [4.69, 9.17) is 9.47 Å². The van der Waals surface area contributed by atoms with Crippen LogP contribution in [0.1, 0.15) is 131 Å². The highest BCUT2D eigenvalue weighted by Crippen LogP contribution is 2.41. The van der Waals surface area contributed by atoms with Crippen LogP contribution in [-0.4, -0.2) is 24.6 Å². The molecule has 0 saturated heterocycles. The minimum Gasteiger partial charge on any atom is -0.465 e. The molecule has 3 aliphatic rings. The van der Waals surface area contributed by atoms with E-state index < -0.39 is 0 Å². The Hall–Kier alpha value is -1.06. The predicted molar refractivity (Wildman–Crippen MR) is 146 cm³/mol. The molecule has 0 spiro atoms. The van der Waals surface area contributed by atoms with Crippen molar-refractivity contribution in [1.29, 1.82) is 0 Å². The van der Waals surface area contributed by atoms with E-state index in [1.165, 1.54) is 57.8 Å². The summed E-state index contributed by atoms with van der Waals surface area (Å²) >= 11 is 0. The van der Waals surface area contributed by atoms with Crippen molar-refractivity contribution in [1.82, 2.24) is 0 Å². The Balaban J connectivity index is 1.31. The molecule has 208 valence electrons. The molecule has 0 aromatic heterocycles. The van der Waals surface area contributed by atoms with Gasteiger partial charge in [-0.15, -0.1) is 0 Å². The Morgan fingerprint density at radius 3 is 1.92 bits per heavy atom. The van der Waals surface area contributed by atoms with E-state index in [0.717, 1.165) is 74.0 Å². The molecule has 0 aliphatic heterocycles. The maximum Gasteiger partial charge on any atom is 0.312 e. The van der Waals surface area contributed by atoms with Crippen LogP contribution in [0.5, 0.6) is 0 Å². The van der Waals surface area contributed by atoms with Gasteiger partial charge in [0.15, 0.2) is 0 Å². The summed E-state index contributed by atoms with van der Waals surface area (Å²) in [7, 11) is 0. The first-order valence-electron chi connectivity index (χ1n) is 15.6. The van der Waals surface area contributed by atoms with Gasteiger partial charge in [0.25, 0.3) is 0 Å². The minimum atomic E-state index is -0.386. The normalized spacial score (nSPS) is 33.1. The average Bonchev–Trinajstić information content (AvgIpc) is 2.88. The van der Waals surface area contributed by atoms with Gasteiger partial charge in [-0.1, -0.05) is 53.4 Å². The molecule has 4 nitrogen and oxygen atoms in total. The maximum atomic E-state index is 12.7. The summed E-state index contributed by atoms with van der Waals surface area (Å²) in [4.78, 5) is 25.4. The highest BCUT2D eigenvalue weighted by molar-refractivity contribution is 5.75. The first-order valence-corrected chi connectivity index (χ1v) is 15.6. The van der Waals surface area contributed by atoms with Gasteiger partial charge in [-0.3, -0.25) is 9.59 Å². The van der Waals surface area contributed by atoms with Gasteiger partial charge in [-0.2, -0.15) is 0 Å². The third-order valence-electron chi connectivity index (χ3n) is 10.0. The summed E-state index contributed by atoms with van der Waals surface area (Å²) in [5.74, 6) is 4.24. The molecule has 3 fully saturated rings. The Labute approximate surface area is 222 Å². The van der Waals surface area contributed by atoms with Crippen LogP contribution >= 0.6 is 0 Å². The van der Waals surface area contributed by atoms with Crippen LogP contribution in [0, 0.1) is 47.3 Å². The lowest BCUT2D eigenvalue weighted by Gasteiger charge is -2.37. The zero-order valence-electron chi connectivity index (χ0n) is 24.1. The molecule has 3 rings (SSSR count). The van der Waals surface area contributed by atoms with E-state index in [1.807, 2.05) is 6.92 Å². The Bertz CT molecular complexity index is 649. The van der Waals surface area contributed by atoms with Crippen LogP contribution in [0.4, 0.5) is 0 Å². The number of hydrogen-bond acceptors (Lipinski definition) is 4. The van der Waals surface area contributed by atoms with Crippen molar-refractivity contribution < 1.29 is 19.1 Å². The molecule has 0 aromatic rings. The van der Waals surface area contributed by atoms with E-state index in [2.05, 4.69) is 27.7 Å². The van der Waals surface area contributed by atoms with E-state index >= 15 is 0 Å². The Kier molecular flexibility index (Phi) is 12.1. The molecular weight excluding hydrogens is 448 g/mol. The molecule has 3 saturated carbocycles. The molecule has 0 aromatic carbocycles. The SMILES string of the molecule is CCC(CCC(C)C)C1CCC(C(=O)OCC(C)C(=O)OC2CCC(C3CCC(C)CC3)CC2)CC1. The van der Waals surface area contributed by atoms with Gasteiger partial charge in [0.2, 0.25) is 0 Å². The molecule has 0 radical (unpaired) electrons. The summed E-state index contributed by atoms with van der Waals surface area (Å²) in [6.45, 7) is 11.3. The second kappa shape index (κ2) is 14.8. The summed E-state index contributed by atoms with van der Waals surface area (Å²) in [6.07, 6.45) is 18.0. The zero-order valence-corrected chi connectivity index (χ0v) is 24.1. The molecule has 2 atom stereocenters. The van der Waals surface area contributed by atoms with Gasteiger partial charge >= 0.3 is 11.9 Å². The number of ether oxygens (including phenoxy) is 2. The molecule has 0 amide bonds. The fourth-order valence-corrected chi connectivity index (χ4v) is 7.26. The van der Waals surface area contributed by atoms with Gasteiger partial charge in [-0.25, -0.2) is 0 Å². The van der Waals surface area contributed by atoms with E-state index in [0.29, 0.717) is 0 Å². The molecule has 0 heterocycles. The summed E-state index contributed by atoms with van der Waals surface area (Å²) in [5.41, 5.74) is 0. The topological polar surface area (TPSA) is 52.6 Å². The number of hydrogen-bond donors (Lipinski definition) is 0. The van der Waals surface area contributed by atoms with Crippen LogP contribution in [0.2, 0.25) is 0 Å². The first-order chi connectivity index (χ1) is 17.3. The number of carbonyl (C=O) groups is 2. The van der Waals surface area contributed by atoms with Crippen molar-refractivity contribution in [3.05, 3.63) is 0 Å². The fourth-order valence-electron chi connectivity index (χ4n) is 7.26. The summed E-state index contributed by atoms with van der Waals surface area (Å²) in [5, 5.41) is 0. The molecule has 3 aliphatic carbocycles. The number of rotatable bonds is 11. The van der Waals surface area contributed by atoms with Crippen LogP contribution in [-0.2, 0) is 19.1 Å². The third kappa shape index (κ3) is 9.05. The zero-order chi connectivity index (χ0) is 26.1. The highest BCUT2D eigenvalue weighted by atomic mass is 16.6. The third-order valence-corrected chi connectivity index (χ3v) is 10.0. The maximum absolute atomic E-state index is 12.7. The number of carbonyl (C=O) groups excluding carboxylic acids is 2. The average molecular weight is 505 g/mol. The van der Waals surface area contributed by atoms with Crippen molar-refractivity contribution in [3.63, 3.8) is 0 Å². The monoisotopic (exact) mass is 504 g/mol. The van der Waals surface area contributed by atoms with Crippen molar-refractivity contribution in [2.45, 2.75) is 137 Å². The van der Waals surface area contributed by atoms with Crippen molar-refractivity contribution in [2.75, 3.05) is 6.61 Å². The van der Waals surface area contributed by atoms with Crippen molar-refractivity contribution >= 4 is 11.9 Å². The van der Waals surface area contributed by atoms with Crippen LogP contribution in [0.25, 0.3) is 0 Å². The number of esters is 2. The fraction of sp³-hybridized carbons (Fsp3) is 0.938. The quantitative estimate of drug-likeness (QED) is 0.265. The van der Waals surface area contributed by atoms with E-state index in [1.54, 1.807) is 0 Å². The summed E-state index contributed by atoms with van der Waals surface area (Å²) < 4.78 is 11.5. The van der Waals surface area contributed by atoms with Crippen molar-refractivity contribution in [2.24, 2.45) is 47.3 Å². The molecule has 2 unspecified atom stereocenters. The summed E-state index contributed by atoms with van der Waals surface area (Å²) in [6, 6.07) is 0. The Morgan fingerprint density at radius 1 is 0.778 bits per heavy atom. The second-order valence-electron chi connectivity index (χ2n) is 13.3. The van der Waals surface area contributed by atoms with Crippen molar-refractivity contribution in [3.8, 4) is 0 Å². The smallest absolute Gasteiger partial charge is 0.312 e. The molecule has 36 heavy (non-hydrogen) atoms. The molecular formula is C32H56O4. The van der Waals surface area contributed by atoms with Crippen LogP contribution in [0.3, 0.4) is 0 Å². The standard InChI is InChI=1S/C32H56O4/c1-6-25(10-7-22(2)3)26-13-15-29(16-14-26)32(34)35-21-24(5)31(33)36-30-19-17-28(18-20-30)27-11-8-23(4)9-12-27/h22-30H,6-21H2,1-5H3. The lowest BCUT2D eigenvalue weighted by molar-refractivity contribution is -0.161. The predicted octanol–water partition coefficient (Wildman–Crippen LogP) is 8.36. The Morgan fingerprint density at radius 2 is 1.36 bits per heavy atom. The molecule has 4 heteroatoms. The van der Waals surface area contributed by atoms with Gasteiger partial charge < -0.3 is 9.47 Å². The van der Waals surface area contributed by atoms with E-state index in [-0.39, 0.29) is 36.5 Å². The van der Waals surface area contributed by atoms with Gasteiger partial charge in [0, 0.05) is 0 Å².